The van der Waals surface area contributed by atoms with E-state index >= 15 is 0 Å². The zero-order valence-corrected chi connectivity index (χ0v) is 13.2. The van der Waals surface area contributed by atoms with E-state index in [2.05, 4.69) is 31.3 Å². The molecule has 1 aliphatic carbocycles. The standard InChI is InChI=1S/C16H24N2O.ClH/c1-3-13-11-14(8-7-12(13)2)18-15(19)16(17)9-5-4-6-10-16;/h7-8,11H,3-6,9-10,17H2,1-2H3,(H,18,19);1H. The Bertz CT molecular complexity index is 468. The maximum atomic E-state index is 12.3. The third-order valence-electron chi connectivity index (χ3n) is 4.19. The summed E-state index contributed by atoms with van der Waals surface area (Å²) in [6.45, 7) is 4.22. The van der Waals surface area contributed by atoms with Crippen molar-refractivity contribution in [3.8, 4) is 0 Å². The van der Waals surface area contributed by atoms with Crippen molar-refractivity contribution in [2.75, 3.05) is 5.32 Å². The molecule has 1 saturated carbocycles. The normalized spacial score (nSPS) is 17.1. The van der Waals surface area contributed by atoms with E-state index in [1.54, 1.807) is 0 Å². The van der Waals surface area contributed by atoms with Gasteiger partial charge >= 0.3 is 0 Å². The van der Waals surface area contributed by atoms with E-state index in [0.717, 1.165) is 37.8 Å². The van der Waals surface area contributed by atoms with Gasteiger partial charge in [-0.15, -0.1) is 12.4 Å². The lowest BCUT2D eigenvalue weighted by molar-refractivity contribution is -0.122. The van der Waals surface area contributed by atoms with Crippen molar-refractivity contribution in [2.24, 2.45) is 5.73 Å². The lowest BCUT2D eigenvalue weighted by Crippen LogP contribution is -2.52. The van der Waals surface area contributed by atoms with Crippen LogP contribution in [-0.2, 0) is 11.2 Å². The molecule has 0 aromatic heterocycles. The lowest BCUT2D eigenvalue weighted by atomic mass is 9.82. The molecule has 0 heterocycles. The fourth-order valence-electron chi connectivity index (χ4n) is 2.80. The van der Waals surface area contributed by atoms with Crippen LogP contribution >= 0.6 is 12.4 Å². The maximum Gasteiger partial charge on any atom is 0.244 e. The fraction of sp³-hybridized carbons (Fsp3) is 0.562. The summed E-state index contributed by atoms with van der Waals surface area (Å²) in [7, 11) is 0. The van der Waals surface area contributed by atoms with Gasteiger partial charge in [-0.05, 0) is 49.4 Å². The Morgan fingerprint density at radius 1 is 1.30 bits per heavy atom. The largest absolute Gasteiger partial charge is 0.324 e. The van der Waals surface area contributed by atoms with Gasteiger partial charge in [-0.3, -0.25) is 4.79 Å². The zero-order chi connectivity index (χ0) is 13.9. The molecule has 20 heavy (non-hydrogen) atoms. The second-order valence-corrected chi connectivity index (χ2v) is 5.67. The minimum atomic E-state index is -0.671. The van der Waals surface area contributed by atoms with E-state index in [1.807, 2.05) is 6.07 Å². The number of benzene rings is 1. The van der Waals surface area contributed by atoms with Crippen molar-refractivity contribution in [1.82, 2.24) is 0 Å². The van der Waals surface area contributed by atoms with Crippen molar-refractivity contribution in [1.29, 1.82) is 0 Å². The molecular weight excluding hydrogens is 272 g/mol. The second-order valence-electron chi connectivity index (χ2n) is 5.67. The molecule has 0 atom stereocenters. The molecule has 0 radical (unpaired) electrons. The summed E-state index contributed by atoms with van der Waals surface area (Å²) in [6, 6.07) is 6.07. The van der Waals surface area contributed by atoms with Crippen LogP contribution in [0.3, 0.4) is 0 Å². The van der Waals surface area contributed by atoms with Gasteiger partial charge in [0.1, 0.15) is 0 Å². The van der Waals surface area contributed by atoms with E-state index < -0.39 is 5.54 Å². The molecule has 0 unspecified atom stereocenters. The van der Waals surface area contributed by atoms with Gasteiger partial charge in [0.2, 0.25) is 5.91 Å². The van der Waals surface area contributed by atoms with E-state index in [4.69, 9.17) is 5.73 Å². The first-order valence-electron chi connectivity index (χ1n) is 7.25. The molecule has 112 valence electrons. The minimum absolute atomic E-state index is 0. The number of halogens is 1. The van der Waals surface area contributed by atoms with E-state index in [-0.39, 0.29) is 18.3 Å². The fourth-order valence-corrected chi connectivity index (χ4v) is 2.80. The number of aryl methyl sites for hydroxylation is 2. The van der Waals surface area contributed by atoms with Crippen LogP contribution in [0.25, 0.3) is 0 Å². The van der Waals surface area contributed by atoms with Gasteiger partial charge in [-0.2, -0.15) is 0 Å². The van der Waals surface area contributed by atoms with Gasteiger partial charge in [0.25, 0.3) is 0 Å². The summed E-state index contributed by atoms with van der Waals surface area (Å²) in [4.78, 5) is 12.3. The van der Waals surface area contributed by atoms with E-state index in [1.165, 1.54) is 17.5 Å². The van der Waals surface area contributed by atoms with Crippen LogP contribution in [0, 0.1) is 6.92 Å². The van der Waals surface area contributed by atoms with Crippen LogP contribution in [0.2, 0.25) is 0 Å². The van der Waals surface area contributed by atoms with Crippen LogP contribution in [0.15, 0.2) is 18.2 Å². The summed E-state index contributed by atoms with van der Waals surface area (Å²) in [6.07, 6.45) is 5.87. The molecule has 1 aromatic rings. The second kappa shape index (κ2) is 7.09. The van der Waals surface area contributed by atoms with Crippen LogP contribution in [0.1, 0.15) is 50.2 Å². The van der Waals surface area contributed by atoms with Crippen LogP contribution in [-0.4, -0.2) is 11.4 Å². The number of hydrogen-bond donors (Lipinski definition) is 2. The van der Waals surface area contributed by atoms with Gasteiger partial charge in [-0.25, -0.2) is 0 Å². The average Bonchev–Trinajstić information content (AvgIpc) is 2.41. The lowest BCUT2D eigenvalue weighted by Gasteiger charge is -2.31. The van der Waals surface area contributed by atoms with Crippen molar-refractivity contribution in [2.45, 2.75) is 57.9 Å². The number of nitrogens with two attached hydrogens (primary N) is 1. The topological polar surface area (TPSA) is 55.1 Å². The van der Waals surface area contributed by atoms with E-state index in [0.29, 0.717) is 0 Å². The number of nitrogens with one attached hydrogen (secondary N) is 1. The average molecular weight is 297 g/mol. The Morgan fingerprint density at radius 2 is 1.95 bits per heavy atom. The van der Waals surface area contributed by atoms with Crippen molar-refractivity contribution in [3.63, 3.8) is 0 Å². The van der Waals surface area contributed by atoms with Gasteiger partial charge < -0.3 is 11.1 Å². The monoisotopic (exact) mass is 296 g/mol. The summed E-state index contributed by atoms with van der Waals surface area (Å²) in [5.41, 5.74) is 8.97. The highest BCUT2D eigenvalue weighted by molar-refractivity contribution is 5.98. The number of rotatable bonds is 3. The molecule has 0 spiro atoms. The molecule has 1 aromatic carbocycles. The number of hydrogen-bond acceptors (Lipinski definition) is 2. The Hall–Kier alpha value is -1.06. The van der Waals surface area contributed by atoms with Crippen LogP contribution in [0.4, 0.5) is 5.69 Å². The predicted molar refractivity (Wildman–Crippen MR) is 86.4 cm³/mol. The summed E-state index contributed by atoms with van der Waals surface area (Å²) in [5, 5.41) is 2.99. The highest BCUT2D eigenvalue weighted by Crippen LogP contribution is 2.27. The van der Waals surface area contributed by atoms with Crippen LogP contribution < -0.4 is 11.1 Å². The molecule has 1 aliphatic rings. The Morgan fingerprint density at radius 3 is 2.55 bits per heavy atom. The van der Waals surface area contributed by atoms with E-state index in [9.17, 15) is 4.79 Å². The third kappa shape index (κ3) is 3.74. The van der Waals surface area contributed by atoms with Gasteiger partial charge in [0.05, 0.1) is 5.54 Å². The number of carbonyl (C=O) groups excluding carboxylic acids is 1. The van der Waals surface area contributed by atoms with Gasteiger partial charge in [0.15, 0.2) is 0 Å². The third-order valence-corrected chi connectivity index (χ3v) is 4.19. The molecule has 1 fully saturated rings. The Kier molecular flexibility index (Phi) is 6.03. The molecule has 3 nitrogen and oxygen atoms in total. The molecule has 2 rings (SSSR count). The Labute approximate surface area is 127 Å². The first-order valence-corrected chi connectivity index (χ1v) is 7.25. The Balaban J connectivity index is 0.00000200. The molecule has 3 N–H and O–H groups in total. The molecule has 1 amide bonds. The van der Waals surface area contributed by atoms with Crippen molar-refractivity contribution in [3.05, 3.63) is 29.3 Å². The highest BCUT2D eigenvalue weighted by atomic mass is 35.5. The predicted octanol–water partition coefficient (Wildman–Crippen LogP) is 3.58. The molecule has 0 aliphatic heterocycles. The SMILES string of the molecule is CCc1cc(NC(=O)C2(N)CCCCC2)ccc1C.Cl. The molecule has 0 bridgehead atoms. The quantitative estimate of drug-likeness (QED) is 0.896. The van der Waals surface area contributed by atoms with Crippen molar-refractivity contribution >= 4 is 24.0 Å². The number of carbonyl (C=O) groups is 1. The maximum absolute atomic E-state index is 12.3. The smallest absolute Gasteiger partial charge is 0.244 e. The molecule has 0 saturated heterocycles. The van der Waals surface area contributed by atoms with Gasteiger partial charge in [-0.1, -0.05) is 32.3 Å². The van der Waals surface area contributed by atoms with Gasteiger partial charge in [0, 0.05) is 5.69 Å². The minimum Gasteiger partial charge on any atom is -0.324 e. The van der Waals surface area contributed by atoms with Crippen molar-refractivity contribution < 1.29 is 4.79 Å². The molecular formula is C16H25ClN2O. The summed E-state index contributed by atoms with van der Waals surface area (Å²) in [5.74, 6) is -0.0295. The summed E-state index contributed by atoms with van der Waals surface area (Å²) >= 11 is 0. The number of anilines is 1. The molecule has 4 heteroatoms. The summed E-state index contributed by atoms with van der Waals surface area (Å²) < 4.78 is 0. The number of amides is 1. The first kappa shape index (κ1) is 17.0. The first-order chi connectivity index (χ1) is 9.05. The zero-order valence-electron chi connectivity index (χ0n) is 12.4. The van der Waals surface area contributed by atoms with Crippen LogP contribution in [0.5, 0.6) is 0 Å². The highest BCUT2D eigenvalue weighted by Gasteiger charge is 2.35.